The minimum atomic E-state index is -1.09. The van der Waals surface area contributed by atoms with E-state index in [-0.39, 0.29) is 0 Å². The quantitative estimate of drug-likeness (QED) is 0.236. The van der Waals surface area contributed by atoms with Gasteiger partial charge in [-0.05, 0) is 14.1 Å². The Morgan fingerprint density at radius 3 is 0.667 bits per heavy atom. The fraction of sp³-hybridized carbons (Fsp3) is 0.250. The van der Waals surface area contributed by atoms with E-state index in [2.05, 4.69) is 5.32 Å². The molecule has 0 amide bonds. The van der Waals surface area contributed by atoms with Gasteiger partial charge in [-0.2, -0.15) is 0 Å². The molecular weight excluding hydrogens is 206 g/mol. The predicted molar refractivity (Wildman–Crippen MR) is 51.4 cm³/mol. The molecule has 0 bridgehead atoms. The van der Waals surface area contributed by atoms with Gasteiger partial charge in [0.05, 0.1) is 0 Å². The molecule has 0 aliphatic carbocycles. The highest BCUT2D eigenvalue weighted by Crippen LogP contribution is 2.54. The molecule has 0 saturated carbocycles. The summed E-state index contributed by atoms with van der Waals surface area (Å²) in [4.78, 5) is 0. The number of phenols is 6. The minimum absolute atomic E-state index is 1.09. The highest BCUT2D eigenvalue weighted by atomic mass is 16.4. The molecule has 0 aliphatic rings. The summed E-state index contributed by atoms with van der Waals surface area (Å²) in [5.41, 5.74) is 0. The zero-order chi connectivity index (χ0) is 12.2. The van der Waals surface area contributed by atoms with E-state index in [1.54, 1.807) is 0 Å². The van der Waals surface area contributed by atoms with Crippen LogP contribution in [0.2, 0.25) is 0 Å². The summed E-state index contributed by atoms with van der Waals surface area (Å²) >= 11 is 0. The van der Waals surface area contributed by atoms with Gasteiger partial charge >= 0.3 is 0 Å². The van der Waals surface area contributed by atoms with Crippen molar-refractivity contribution in [3.8, 4) is 34.5 Å². The number of rotatable bonds is 0. The maximum Gasteiger partial charge on any atom is 0.208 e. The minimum Gasteiger partial charge on any atom is -0.502 e. The Bertz CT molecular complexity index is 246. The van der Waals surface area contributed by atoms with E-state index < -0.39 is 34.5 Å². The smallest absolute Gasteiger partial charge is 0.208 e. The monoisotopic (exact) mass is 219 g/mol. The molecule has 1 aromatic rings. The van der Waals surface area contributed by atoms with Gasteiger partial charge in [-0.15, -0.1) is 0 Å². The van der Waals surface area contributed by atoms with Crippen LogP contribution in [0.3, 0.4) is 0 Å². The van der Waals surface area contributed by atoms with Crippen molar-refractivity contribution in [1.29, 1.82) is 0 Å². The first kappa shape index (κ1) is 13.0. The van der Waals surface area contributed by atoms with Gasteiger partial charge in [0.15, 0.2) is 0 Å². The second kappa shape index (κ2) is 5.01. The standard InChI is InChI=1S/C6H6O6.C2H7N/c7-1-2(8)4(10)6(12)5(11)3(1)9;1-3-2/h7-12H;3H,1-2H3. The molecule has 0 radical (unpaired) electrons. The van der Waals surface area contributed by atoms with E-state index >= 15 is 0 Å². The second-order valence-corrected chi connectivity index (χ2v) is 2.59. The van der Waals surface area contributed by atoms with Crippen LogP contribution in [0.15, 0.2) is 0 Å². The van der Waals surface area contributed by atoms with Crippen LogP contribution in [0, 0.1) is 0 Å². The number of benzene rings is 1. The molecule has 0 spiro atoms. The molecule has 1 rings (SSSR count). The zero-order valence-corrected chi connectivity index (χ0v) is 8.18. The number of nitrogens with one attached hydrogen (secondary N) is 1. The number of aromatic hydroxyl groups is 6. The molecule has 0 aromatic heterocycles. The van der Waals surface area contributed by atoms with Crippen molar-refractivity contribution in [2.75, 3.05) is 14.1 Å². The summed E-state index contributed by atoms with van der Waals surface area (Å²) < 4.78 is 0. The van der Waals surface area contributed by atoms with Crippen LogP contribution < -0.4 is 5.32 Å². The van der Waals surface area contributed by atoms with E-state index in [9.17, 15) is 0 Å². The molecule has 86 valence electrons. The lowest BCUT2D eigenvalue weighted by Gasteiger charge is -2.06. The van der Waals surface area contributed by atoms with Gasteiger partial charge in [-0.1, -0.05) is 0 Å². The molecule has 0 unspecified atom stereocenters. The molecule has 0 atom stereocenters. The normalized spacial score (nSPS) is 9.20. The Labute approximate surface area is 85.5 Å². The lowest BCUT2D eigenvalue weighted by atomic mass is 10.2. The maximum atomic E-state index is 8.76. The third-order valence-corrected chi connectivity index (χ3v) is 1.35. The summed E-state index contributed by atoms with van der Waals surface area (Å²) in [6.07, 6.45) is 0. The molecule has 7 N–H and O–H groups in total. The first-order chi connectivity index (χ1) is 6.88. The molecule has 7 nitrogen and oxygen atoms in total. The summed E-state index contributed by atoms with van der Waals surface area (Å²) in [5, 5.41) is 55.3. The summed E-state index contributed by atoms with van der Waals surface area (Å²) in [6, 6.07) is 0. The number of hydrogen-bond acceptors (Lipinski definition) is 7. The van der Waals surface area contributed by atoms with Crippen LogP contribution in [0.5, 0.6) is 34.5 Å². The molecule has 0 heterocycles. The molecule has 1 aromatic carbocycles. The first-order valence-corrected chi connectivity index (χ1v) is 3.84. The Kier molecular flexibility index (Phi) is 4.33. The fourth-order valence-electron chi connectivity index (χ4n) is 0.673. The molecule has 0 saturated heterocycles. The van der Waals surface area contributed by atoms with E-state index in [0.717, 1.165) is 0 Å². The van der Waals surface area contributed by atoms with Crippen LogP contribution >= 0.6 is 0 Å². The van der Waals surface area contributed by atoms with Crippen molar-refractivity contribution in [1.82, 2.24) is 5.32 Å². The number of phenolic OH excluding ortho intramolecular Hbond substituents is 6. The molecular formula is C8H13NO6. The van der Waals surface area contributed by atoms with Gasteiger partial charge in [0, 0.05) is 0 Å². The summed E-state index contributed by atoms with van der Waals surface area (Å²) in [7, 11) is 3.75. The van der Waals surface area contributed by atoms with Crippen LogP contribution in [0.25, 0.3) is 0 Å². The predicted octanol–water partition coefficient (Wildman–Crippen LogP) is -0.244. The summed E-state index contributed by atoms with van der Waals surface area (Å²) in [5.74, 6) is -6.57. The average molecular weight is 219 g/mol. The lowest BCUT2D eigenvalue weighted by molar-refractivity contribution is 0.303. The van der Waals surface area contributed by atoms with Crippen LogP contribution in [0.1, 0.15) is 0 Å². The topological polar surface area (TPSA) is 133 Å². The third kappa shape index (κ3) is 2.47. The lowest BCUT2D eigenvalue weighted by Crippen LogP contribution is -1.89. The molecule has 0 fully saturated rings. The third-order valence-electron chi connectivity index (χ3n) is 1.35. The van der Waals surface area contributed by atoms with Crippen LogP contribution in [0.4, 0.5) is 0 Å². The van der Waals surface area contributed by atoms with Gasteiger partial charge in [-0.3, -0.25) is 0 Å². The Morgan fingerprint density at radius 2 is 0.600 bits per heavy atom. The van der Waals surface area contributed by atoms with E-state index in [1.165, 1.54) is 0 Å². The molecule has 7 heteroatoms. The summed E-state index contributed by atoms with van der Waals surface area (Å²) in [6.45, 7) is 0. The van der Waals surface area contributed by atoms with E-state index in [4.69, 9.17) is 30.6 Å². The highest BCUT2D eigenvalue weighted by molar-refractivity contribution is 5.70. The maximum absolute atomic E-state index is 8.76. The Hall–Kier alpha value is -2.02. The van der Waals surface area contributed by atoms with Crippen molar-refractivity contribution >= 4 is 0 Å². The van der Waals surface area contributed by atoms with E-state index in [1.807, 2.05) is 14.1 Å². The van der Waals surface area contributed by atoms with Crippen molar-refractivity contribution in [3.05, 3.63) is 0 Å². The van der Waals surface area contributed by atoms with Gasteiger partial charge in [-0.25, -0.2) is 0 Å². The Morgan fingerprint density at radius 1 is 0.533 bits per heavy atom. The van der Waals surface area contributed by atoms with Crippen molar-refractivity contribution in [2.24, 2.45) is 0 Å². The van der Waals surface area contributed by atoms with Gasteiger partial charge in [0.25, 0.3) is 0 Å². The van der Waals surface area contributed by atoms with Crippen LogP contribution in [-0.2, 0) is 0 Å². The first-order valence-electron chi connectivity index (χ1n) is 3.84. The average Bonchev–Trinajstić information content (AvgIpc) is 2.22. The van der Waals surface area contributed by atoms with E-state index in [0.29, 0.717) is 0 Å². The van der Waals surface area contributed by atoms with Gasteiger partial charge < -0.3 is 36.0 Å². The van der Waals surface area contributed by atoms with Crippen LogP contribution in [-0.4, -0.2) is 44.7 Å². The van der Waals surface area contributed by atoms with Gasteiger partial charge in [0.2, 0.25) is 34.5 Å². The SMILES string of the molecule is CNC.Oc1c(O)c(O)c(O)c(O)c1O. The largest absolute Gasteiger partial charge is 0.502 e. The van der Waals surface area contributed by atoms with Crippen molar-refractivity contribution < 1.29 is 30.6 Å². The fourth-order valence-corrected chi connectivity index (χ4v) is 0.673. The Balaban J connectivity index is 0.000000583. The van der Waals surface area contributed by atoms with Crippen molar-refractivity contribution in [3.63, 3.8) is 0 Å². The molecule has 15 heavy (non-hydrogen) atoms. The highest BCUT2D eigenvalue weighted by Gasteiger charge is 2.22. The second-order valence-electron chi connectivity index (χ2n) is 2.59. The zero-order valence-electron chi connectivity index (χ0n) is 8.18. The number of hydrogen-bond donors (Lipinski definition) is 7. The van der Waals surface area contributed by atoms with Gasteiger partial charge in [0.1, 0.15) is 0 Å². The molecule has 0 aliphatic heterocycles. The van der Waals surface area contributed by atoms with Crippen molar-refractivity contribution in [2.45, 2.75) is 0 Å².